The molecule has 0 radical (unpaired) electrons. The first-order chi connectivity index (χ1) is 9.56. The molecule has 1 rings (SSSR count). The van der Waals surface area contributed by atoms with Crippen molar-refractivity contribution in [2.45, 2.75) is 31.8 Å². The highest BCUT2D eigenvalue weighted by Crippen LogP contribution is 2.20. The van der Waals surface area contributed by atoms with Gasteiger partial charge < -0.3 is 9.47 Å². The fourth-order valence-corrected chi connectivity index (χ4v) is 1.80. The summed E-state index contributed by atoms with van der Waals surface area (Å²) >= 11 is 0. The normalized spacial score (nSPS) is 17.9. The quantitative estimate of drug-likeness (QED) is 0.404. The summed E-state index contributed by atoms with van der Waals surface area (Å²) < 4.78 is 9.83. The van der Waals surface area contributed by atoms with Crippen molar-refractivity contribution < 1.29 is 23.9 Å². The van der Waals surface area contributed by atoms with Gasteiger partial charge in [0.25, 0.3) is 0 Å². The highest BCUT2D eigenvalue weighted by atomic mass is 16.6. The van der Waals surface area contributed by atoms with Crippen LogP contribution in [0.25, 0.3) is 0 Å². The van der Waals surface area contributed by atoms with Crippen molar-refractivity contribution >= 4 is 17.7 Å². The summed E-state index contributed by atoms with van der Waals surface area (Å²) in [5, 5.41) is 0. The van der Waals surface area contributed by atoms with Gasteiger partial charge in [-0.1, -0.05) is 18.7 Å². The number of carbonyl (C=O) groups is 3. The number of allylic oxidation sites excluding steroid dienone is 2. The monoisotopic (exact) mass is 278 g/mol. The Morgan fingerprint density at radius 3 is 2.70 bits per heavy atom. The molecule has 0 bridgehead atoms. The first-order valence-electron chi connectivity index (χ1n) is 6.37. The van der Waals surface area contributed by atoms with E-state index in [0.29, 0.717) is 24.8 Å². The molecular weight excluding hydrogens is 260 g/mol. The predicted molar refractivity (Wildman–Crippen MR) is 72.8 cm³/mol. The number of carbonyl (C=O) groups excluding carboxylic acids is 3. The van der Waals surface area contributed by atoms with E-state index in [1.807, 2.05) is 0 Å². The van der Waals surface area contributed by atoms with E-state index in [9.17, 15) is 14.4 Å². The van der Waals surface area contributed by atoms with Crippen molar-refractivity contribution in [2.24, 2.45) is 0 Å². The maximum Gasteiger partial charge on any atom is 0.317 e. The average Bonchev–Trinajstić information content (AvgIpc) is 2.40. The molecule has 0 saturated heterocycles. The molecule has 1 atom stereocenters. The Balaban J connectivity index is 2.49. The van der Waals surface area contributed by atoms with Crippen LogP contribution >= 0.6 is 0 Å². The molecule has 20 heavy (non-hydrogen) atoms. The minimum Gasteiger partial charge on any atom is -0.461 e. The molecule has 5 nitrogen and oxygen atoms in total. The van der Waals surface area contributed by atoms with E-state index in [1.165, 1.54) is 6.08 Å². The predicted octanol–water partition coefficient (Wildman–Crippen LogP) is 1.88. The summed E-state index contributed by atoms with van der Waals surface area (Å²) in [6.45, 7) is 7.03. The molecule has 1 unspecified atom stereocenters. The fourth-order valence-electron chi connectivity index (χ4n) is 1.80. The van der Waals surface area contributed by atoms with Crippen LogP contribution in [0.5, 0.6) is 0 Å². The molecule has 0 aromatic rings. The van der Waals surface area contributed by atoms with Gasteiger partial charge in [-0.25, -0.2) is 0 Å². The smallest absolute Gasteiger partial charge is 0.317 e. The molecule has 1 aliphatic rings. The third-order valence-electron chi connectivity index (χ3n) is 2.70. The summed E-state index contributed by atoms with van der Waals surface area (Å²) in [5.74, 6) is -1.27. The largest absolute Gasteiger partial charge is 0.461 e. The van der Waals surface area contributed by atoms with E-state index < -0.39 is 24.5 Å². The van der Waals surface area contributed by atoms with Gasteiger partial charge in [0.2, 0.25) is 0 Å². The lowest BCUT2D eigenvalue weighted by Gasteiger charge is -2.20. The van der Waals surface area contributed by atoms with Crippen LogP contribution in [0.1, 0.15) is 25.7 Å². The van der Waals surface area contributed by atoms with Gasteiger partial charge in [0.05, 0.1) is 0 Å². The van der Waals surface area contributed by atoms with Crippen molar-refractivity contribution in [2.75, 3.05) is 6.61 Å². The maximum absolute atomic E-state index is 11.6. The first-order valence-corrected chi connectivity index (χ1v) is 6.37. The van der Waals surface area contributed by atoms with Crippen LogP contribution in [0.3, 0.4) is 0 Å². The fraction of sp³-hybridized carbons (Fsp3) is 0.400. The molecule has 0 heterocycles. The van der Waals surface area contributed by atoms with Gasteiger partial charge >= 0.3 is 11.9 Å². The van der Waals surface area contributed by atoms with Crippen LogP contribution in [0.15, 0.2) is 37.0 Å². The molecule has 0 amide bonds. The van der Waals surface area contributed by atoms with E-state index in [1.54, 1.807) is 12.2 Å². The summed E-state index contributed by atoms with van der Waals surface area (Å²) in [7, 11) is 0. The second-order valence-corrected chi connectivity index (χ2v) is 4.32. The SMILES string of the molecule is C=CCOC(=O)CC(=O)OC1C=C(CC=C)C(=O)CC1. The average molecular weight is 278 g/mol. The highest BCUT2D eigenvalue weighted by molar-refractivity contribution is 5.96. The number of hydrogen-bond acceptors (Lipinski definition) is 5. The number of rotatable bonds is 7. The number of hydrogen-bond donors (Lipinski definition) is 0. The van der Waals surface area contributed by atoms with Crippen molar-refractivity contribution in [1.82, 2.24) is 0 Å². The second-order valence-electron chi connectivity index (χ2n) is 4.32. The van der Waals surface area contributed by atoms with E-state index in [2.05, 4.69) is 17.9 Å². The molecule has 0 aromatic carbocycles. The molecule has 1 aliphatic carbocycles. The summed E-state index contributed by atoms with van der Waals surface area (Å²) in [6.07, 6.45) is 4.98. The first kappa shape index (κ1) is 15.9. The van der Waals surface area contributed by atoms with Crippen LogP contribution in [0, 0.1) is 0 Å². The van der Waals surface area contributed by atoms with Crippen molar-refractivity contribution in [3.63, 3.8) is 0 Å². The molecule has 0 aromatic heterocycles. The lowest BCUT2D eigenvalue weighted by Crippen LogP contribution is -2.24. The number of Topliss-reactive ketones (excluding diaryl/α,β-unsaturated/α-hetero) is 1. The van der Waals surface area contributed by atoms with E-state index in [-0.39, 0.29) is 12.4 Å². The van der Waals surface area contributed by atoms with Crippen LogP contribution in [0.4, 0.5) is 0 Å². The Labute approximate surface area is 117 Å². The Kier molecular flexibility index (Phi) is 6.43. The maximum atomic E-state index is 11.6. The minimum absolute atomic E-state index is 0.0441. The third-order valence-corrected chi connectivity index (χ3v) is 2.70. The molecule has 0 aliphatic heterocycles. The van der Waals surface area contributed by atoms with E-state index in [0.717, 1.165) is 0 Å². The van der Waals surface area contributed by atoms with Gasteiger partial charge in [-0.3, -0.25) is 14.4 Å². The summed E-state index contributed by atoms with van der Waals surface area (Å²) in [4.78, 5) is 34.3. The van der Waals surface area contributed by atoms with Gasteiger partial charge in [0.1, 0.15) is 19.1 Å². The van der Waals surface area contributed by atoms with Crippen LogP contribution in [0.2, 0.25) is 0 Å². The Bertz CT molecular complexity index is 447. The highest BCUT2D eigenvalue weighted by Gasteiger charge is 2.23. The van der Waals surface area contributed by atoms with Gasteiger partial charge in [-0.05, 0) is 24.5 Å². The third kappa shape index (κ3) is 5.22. The van der Waals surface area contributed by atoms with Crippen molar-refractivity contribution in [3.8, 4) is 0 Å². The minimum atomic E-state index is -0.660. The second kappa shape index (κ2) is 8.09. The molecule has 0 fully saturated rings. The van der Waals surface area contributed by atoms with Gasteiger partial charge in [0.15, 0.2) is 5.78 Å². The van der Waals surface area contributed by atoms with Crippen molar-refractivity contribution in [3.05, 3.63) is 37.0 Å². The molecule has 108 valence electrons. The molecular formula is C15H18O5. The van der Waals surface area contributed by atoms with E-state index in [4.69, 9.17) is 4.74 Å². The molecule has 5 heteroatoms. The Morgan fingerprint density at radius 1 is 1.30 bits per heavy atom. The number of ether oxygens (including phenoxy) is 2. The zero-order chi connectivity index (χ0) is 15.0. The van der Waals surface area contributed by atoms with Crippen LogP contribution in [-0.2, 0) is 23.9 Å². The molecule has 0 N–H and O–H groups in total. The lowest BCUT2D eigenvalue weighted by atomic mass is 9.94. The Hall–Kier alpha value is -2.17. The van der Waals surface area contributed by atoms with Gasteiger partial charge in [-0.2, -0.15) is 0 Å². The van der Waals surface area contributed by atoms with E-state index >= 15 is 0 Å². The summed E-state index contributed by atoms with van der Waals surface area (Å²) in [5.41, 5.74) is 0.596. The zero-order valence-electron chi connectivity index (χ0n) is 11.3. The topological polar surface area (TPSA) is 69.7 Å². The van der Waals surface area contributed by atoms with Crippen molar-refractivity contribution in [1.29, 1.82) is 0 Å². The standard InChI is InChI=1S/C15H18O5/c1-3-5-11-9-12(6-7-13(11)16)20-15(18)10-14(17)19-8-4-2/h3-4,9,12H,1-2,5-8,10H2. The number of ketones is 1. The Morgan fingerprint density at radius 2 is 2.05 bits per heavy atom. The van der Waals surface area contributed by atoms with Crippen LogP contribution < -0.4 is 0 Å². The van der Waals surface area contributed by atoms with Gasteiger partial charge in [0, 0.05) is 6.42 Å². The molecule has 0 saturated carbocycles. The molecule has 0 spiro atoms. The lowest BCUT2D eigenvalue weighted by molar-refractivity contribution is -0.156. The van der Waals surface area contributed by atoms with Crippen LogP contribution in [-0.4, -0.2) is 30.4 Å². The summed E-state index contributed by atoms with van der Waals surface area (Å²) in [6, 6.07) is 0. The van der Waals surface area contributed by atoms with Gasteiger partial charge in [-0.15, -0.1) is 6.58 Å². The zero-order valence-corrected chi connectivity index (χ0v) is 11.3. The number of esters is 2.